The average molecular weight is 446 g/mol. The van der Waals surface area contributed by atoms with Crippen molar-refractivity contribution in [2.45, 2.75) is 33.2 Å². The first-order valence-electron chi connectivity index (χ1n) is 5.82. The van der Waals surface area contributed by atoms with E-state index in [2.05, 4.69) is 27.8 Å². The van der Waals surface area contributed by atoms with Gasteiger partial charge in [-0.3, -0.25) is 7.05 Å². The first-order valence-corrected chi connectivity index (χ1v) is 5.82. The van der Waals surface area contributed by atoms with E-state index < -0.39 is 0 Å². The maximum absolute atomic E-state index is 5.55. The number of ether oxygens (including phenoxy) is 1. The first kappa shape index (κ1) is 24.0. The summed E-state index contributed by atoms with van der Waals surface area (Å²) in [6.45, 7) is 7.00. The smallest absolute Gasteiger partial charge is 0.119 e. The molecule has 0 spiro atoms. The van der Waals surface area contributed by atoms with Gasteiger partial charge in [0.25, 0.3) is 0 Å². The van der Waals surface area contributed by atoms with E-state index in [4.69, 9.17) is 4.74 Å². The summed E-state index contributed by atoms with van der Waals surface area (Å²) in [4.78, 5) is 1.89. The molecule has 1 aromatic carbocycles. The van der Waals surface area contributed by atoms with Crippen LogP contribution in [0.3, 0.4) is 0 Å². The molecule has 1 rings (SSSR count). The summed E-state index contributed by atoms with van der Waals surface area (Å²) < 4.78 is 5.55. The molecule has 0 amide bonds. The predicted octanol–water partition coefficient (Wildman–Crippen LogP) is 3.59. The second-order valence-electron chi connectivity index (χ2n) is 3.94. The molecule has 0 radical (unpaired) electrons. The van der Waals surface area contributed by atoms with Gasteiger partial charge in [0.1, 0.15) is 12.4 Å². The van der Waals surface area contributed by atoms with Crippen LogP contribution in [0, 0.1) is 44.8 Å². The molecule has 0 saturated carbocycles. The van der Waals surface area contributed by atoms with Crippen LogP contribution in [0.4, 0.5) is 0 Å². The molecule has 0 aliphatic rings. The van der Waals surface area contributed by atoms with Crippen LogP contribution in [0.2, 0.25) is 0 Å². The average Bonchev–Trinajstić information content (AvgIpc) is 2.28. The van der Waals surface area contributed by atoms with Gasteiger partial charge in [0.15, 0.2) is 0 Å². The molecule has 0 N–H and O–H groups in total. The minimum atomic E-state index is 0. The quantitative estimate of drug-likeness (QED) is 0.656. The van der Waals surface area contributed by atoms with Gasteiger partial charge in [-0.15, -0.1) is 0 Å². The summed E-state index contributed by atoms with van der Waals surface area (Å²) >= 11 is 0. The SMILES string of the molecule is CCC.[Ar].[CH2-]N(C)C(C)COc1ccccc1.[W]. The third-order valence-electron chi connectivity index (χ3n) is 1.99. The van der Waals surface area contributed by atoms with E-state index in [1.807, 2.05) is 42.3 Å². The van der Waals surface area contributed by atoms with Gasteiger partial charge in [0.05, 0.1) is 0 Å². The van der Waals surface area contributed by atoms with Gasteiger partial charge in [-0.05, 0) is 26.1 Å². The molecule has 106 valence electrons. The Labute approximate surface area is 157 Å². The zero-order valence-electron chi connectivity index (χ0n) is 11.7. The normalized spacial score (nSPS) is 10.3. The van der Waals surface area contributed by atoms with Crippen LogP contribution in [-0.2, 0) is 21.1 Å². The Morgan fingerprint density at radius 2 is 1.67 bits per heavy atom. The molecule has 0 aromatic heterocycles. The van der Waals surface area contributed by atoms with Crippen molar-refractivity contribution in [3.63, 3.8) is 0 Å². The summed E-state index contributed by atoms with van der Waals surface area (Å²) in [6.07, 6.45) is 1.25. The van der Waals surface area contributed by atoms with E-state index in [0.29, 0.717) is 12.6 Å². The van der Waals surface area contributed by atoms with Crippen molar-refractivity contribution in [1.29, 1.82) is 0 Å². The topological polar surface area (TPSA) is 12.5 Å². The molecule has 0 saturated heterocycles. The molecule has 1 atom stereocenters. The maximum atomic E-state index is 5.55. The molecule has 0 aliphatic heterocycles. The van der Waals surface area contributed by atoms with Gasteiger partial charge in [-0.25, -0.2) is 0 Å². The number of benzene rings is 1. The van der Waals surface area contributed by atoms with Crippen molar-refractivity contribution in [2.24, 2.45) is 0 Å². The molecule has 1 aromatic rings. The fourth-order valence-corrected chi connectivity index (χ4v) is 0.861. The van der Waals surface area contributed by atoms with Crippen LogP contribution in [0.15, 0.2) is 30.3 Å². The van der Waals surface area contributed by atoms with Crippen molar-refractivity contribution >= 4 is 0 Å². The number of hydrogen-bond acceptors (Lipinski definition) is 2. The van der Waals surface area contributed by atoms with E-state index >= 15 is 0 Å². The van der Waals surface area contributed by atoms with Gasteiger partial charge in [-0.2, -0.15) is 0 Å². The predicted molar refractivity (Wildman–Crippen MR) is 70.5 cm³/mol. The van der Waals surface area contributed by atoms with Crippen molar-refractivity contribution in [2.75, 3.05) is 13.7 Å². The van der Waals surface area contributed by atoms with Crippen LogP contribution < -0.4 is 4.74 Å². The molecule has 1 unspecified atom stereocenters. The van der Waals surface area contributed by atoms with Crippen LogP contribution in [-0.4, -0.2) is 24.6 Å². The van der Waals surface area contributed by atoms with Gasteiger partial charge in [0.2, 0.25) is 0 Å². The Bertz CT molecular complexity index is 257. The summed E-state index contributed by atoms with van der Waals surface area (Å²) in [5, 5.41) is 0. The van der Waals surface area contributed by atoms with Crippen molar-refractivity contribution in [3.8, 4) is 5.75 Å². The van der Waals surface area contributed by atoms with Gasteiger partial charge < -0.3 is 9.64 Å². The molecule has 0 bridgehead atoms. The molecule has 4 heteroatoms. The van der Waals surface area contributed by atoms with Crippen LogP contribution >= 0.6 is 0 Å². The summed E-state index contributed by atoms with van der Waals surface area (Å²) in [6, 6.07) is 10.2. The van der Waals surface area contributed by atoms with Crippen LogP contribution in [0.5, 0.6) is 5.75 Å². The molecule has 0 aliphatic carbocycles. The zero-order chi connectivity index (χ0) is 12.4. The standard InChI is InChI=1S/C11H16NO.C3H8.Ar.W/c1-10(12(2)3)9-13-11-7-5-4-6-8-11;1-3-2;;/h4-8,10H,2,9H2,1,3H3;3H2,1-2H3;;/q-1;;;. The molecule has 2 nitrogen and oxygen atoms in total. The van der Waals surface area contributed by atoms with E-state index in [-0.39, 0.29) is 58.8 Å². The second-order valence-corrected chi connectivity index (χ2v) is 3.94. The van der Waals surface area contributed by atoms with E-state index in [1.54, 1.807) is 0 Å². The fraction of sp³-hybridized carbons (Fsp3) is 0.500. The Morgan fingerprint density at radius 1 is 1.22 bits per heavy atom. The molecule has 18 heavy (non-hydrogen) atoms. The number of hydrogen-bond donors (Lipinski definition) is 0. The maximum Gasteiger partial charge on any atom is 0.119 e. The minimum absolute atomic E-state index is 0. The van der Waals surface area contributed by atoms with Crippen molar-refractivity contribution in [1.82, 2.24) is 4.90 Å². The largest absolute Gasteiger partial charge is 0.492 e. The number of para-hydroxylation sites is 1. The summed E-state index contributed by atoms with van der Waals surface area (Å²) in [5.41, 5.74) is 0. The Morgan fingerprint density at radius 3 is 2.06 bits per heavy atom. The molecular weight excluding hydrogens is 422 g/mol. The Balaban J connectivity index is -0.000000410. The number of nitrogens with zero attached hydrogens (tertiary/aromatic N) is 1. The first-order chi connectivity index (χ1) is 7.61. The van der Waals surface area contributed by atoms with E-state index in [0.717, 1.165) is 5.75 Å². The van der Waals surface area contributed by atoms with Gasteiger partial charge in [0, 0.05) is 64.8 Å². The Kier molecular flexibility index (Phi) is 21.3. The zero-order valence-corrected chi connectivity index (χ0v) is 15.3. The minimum Gasteiger partial charge on any atom is -0.492 e. The fourth-order valence-electron chi connectivity index (χ4n) is 0.861. The van der Waals surface area contributed by atoms with E-state index in [9.17, 15) is 0 Å². The third kappa shape index (κ3) is 13.4. The summed E-state index contributed by atoms with van der Waals surface area (Å²) in [5.74, 6) is 0.913. The van der Waals surface area contributed by atoms with Gasteiger partial charge >= 0.3 is 0 Å². The second kappa shape index (κ2) is 16.0. The molecule has 0 fully saturated rings. The van der Waals surface area contributed by atoms with Gasteiger partial charge in [-0.1, -0.05) is 38.5 Å². The van der Waals surface area contributed by atoms with Crippen molar-refractivity contribution in [3.05, 3.63) is 37.4 Å². The summed E-state index contributed by atoms with van der Waals surface area (Å²) in [7, 11) is 5.75. The Hall–Kier alpha value is 0.928. The monoisotopic (exact) mass is 446 g/mol. The van der Waals surface area contributed by atoms with Crippen LogP contribution in [0.1, 0.15) is 27.2 Å². The number of rotatable bonds is 4. The molecular formula is C14H24ArNOW-. The number of likely N-dealkylation sites (N-methyl/N-ethyl adjacent to an activating group) is 1. The van der Waals surface area contributed by atoms with Crippen molar-refractivity contribution < 1.29 is 63.5 Å². The third-order valence-corrected chi connectivity index (χ3v) is 1.99. The molecule has 0 heterocycles. The van der Waals surface area contributed by atoms with Crippen LogP contribution in [0.25, 0.3) is 0 Å². The van der Waals surface area contributed by atoms with E-state index in [1.165, 1.54) is 6.42 Å².